The molecular formula is C13H22N3O8P. The van der Waals surface area contributed by atoms with Gasteiger partial charge in [-0.2, -0.15) is 0 Å². The first kappa shape index (κ1) is 21.5. The molecule has 1 rings (SSSR count). The topological polar surface area (TPSA) is 158 Å². The number of allylic oxidation sites excluding steroid dienone is 2. The number of ether oxygens (including phenoxy) is 1. The summed E-state index contributed by atoms with van der Waals surface area (Å²) in [6.07, 6.45) is 2.65. The molecule has 1 saturated heterocycles. The van der Waals surface area contributed by atoms with Crippen molar-refractivity contribution < 1.29 is 38.3 Å². The standard InChI is InChI=1S/C13H22N3O8P/c1-14-5-6-15-11(18)4-2-3-7-16(9-17)13-12(19)10(24-13)8-23-25(20,21)22/h2-4,7,9-10,12-14,19H,5-6,8H2,1H3,(H,15,18)(H2,20,21,22)/b4-2+,7-3+. The zero-order chi connectivity index (χ0) is 18.9. The lowest BCUT2D eigenvalue weighted by atomic mass is 10.1. The molecule has 11 nitrogen and oxygen atoms in total. The average molecular weight is 379 g/mol. The zero-order valence-corrected chi connectivity index (χ0v) is 14.4. The van der Waals surface area contributed by atoms with Crippen molar-refractivity contribution in [2.75, 3.05) is 26.7 Å². The van der Waals surface area contributed by atoms with Crippen LogP contribution in [0, 0.1) is 0 Å². The quantitative estimate of drug-likeness (QED) is 0.0904. The van der Waals surface area contributed by atoms with Crippen molar-refractivity contribution in [3.63, 3.8) is 0 Å². The second-order valence-corrected chi connectivity index (χ2v) is 6.23. The van der Waals surface area contributed by atoms with Gasteiger partial charge in [-0.05, 0) is 13.1 Å². The fourth-order valence-electron chi connectivity index (χ4n) is 1.83. The summed E-state index contributed by atoms with van der Waals surface area (Å²) in [6, 6.07) is 0. The van der Waals surface area contributed by atoms with Crippen LogP contribution in [0.1, 0.15) is 0 Å². The van der Waals surface area contributed by atoms with E-state index in [9.17, 15) is 19.3 Å². The number of hydrogen-bond acceptors (Lipinski definition) is 7. The Kier molecular flexibility index (Phi) is 8.93. The van der Waals surface area contributed by atoms with Crippen molar-refractivity contribution in [3.8, 4) is 0 Å². The third-order valence-electron chi connectivity index (χ3n) is 3.10. The molecule has 1 heterocycles. The van der Waals surface area contributed by atoms with Gasteiger partial charge in [-0.25, -0.2) is 4.57 Å². The minimum absolute atomic E-state index is 0.299. The van der Waals surface area contributed by atoms with Gasteiger partial charge in [0.05, 0.1) is 6.61 Å². The number of carbonyl (C=O) groups excluding carboxylic acids is 2. The van der Waals surface area contributed by atoms with Gasteiger partial charge in [-0.1, -0.05) is 6.08 Å². The van der Waals surface area contributed by atoms with Gasteiger partial charge in [-0.15, -0.1) is 0 Å². The molecule has 0 saturated carbocycles. The minimum Gasteiger partial charge on any atom is -0.386 e. The molecule has 12 heteroatoms. The van der Waals surface area contributed by atoms with E-state index in [1.54, 1.807) is 7.05 Å². The smallest absolute Gasteiger partial charge is 0.386 e. The van der Waals surface area contributed by atoms with E-state index >= 15 is 0 Å². The number of phosphoric acid groups is 1. The van der Waals surface area contributed by atoms with Crippen LogP contribution in [0.25, 0.3) is 0 Å². The molecular weight excluding hydrogens is 357 g/mol. The highest BCUT2D eigenvalue weighted by molar-refractivity contribution is 7.46. The SMILES string of the molecule is CNCCNC(=O)/C=C/C=C/N(C=O)C1OC(COP(=O)(O)O)C1O. The van der Waals surface area contributed by atoms with Crippen LogP contribution in [-0.2, 0) is 23.4 Å². The van der Waals surface area contributed by atoms with Crippen LogP contribution in [0.2, 0.25) is 0 Å². The highest BCUT2D eigenvalue weighted by atomic mass is 31.2. The first-order valence-corrected chi connectivity index (χ1v) is 8.85. The van der Waals surface area contributed by atoms with E-state index in [4.69, 9.17) is 14.5 Å². The number of phosphoric ester groups is 1. The number of likely N-dealkylation sites (N-methyl/N-ethyl adjacent to an activating group) is 1. The van der Waals surface area contributed by atoms with E-state index in [0.717, 1.165) is 4.90 Å². The fraction of sp³-hybridized carbons (Fsp3) is 0.538. The monoisotopic (exact) mass is 379 g/mol. The Bertz CT molecular complexity index is 549. The molecule has 0 radical (unpaired) electrons. The van der Waals surface area contributed by atoms with Crippen molar-refractivity contribution in [1.29, 1.82) is 0 Å². The molecule has 1 aliphatic heterocycles. The van der Waals surface area contributed by atoms with E-state index in [1.807, 2.05) is 0 Å². The normalized spacial score (nSPS) is 23.6. The summed E-state index contributed by atoms with van der Waals surface area (Å²) >= 11 is 0. The minimum atomic E-state index is -4.66. The maximum atomic E-state index is 11.4. The predicted octanol–water partition coefficient (Wildman–Crippen LogP) is -1.95. The van der Waals surface area contributed by atoms with E-state index in [-0.39, 0.29) is 5.91 Å². The van der Waals surface area contributed by atoms with Gasteiger partial charge in [0.15, 0.2) is 6.23 Å². The number of carbonyl (C=O) groups is 2. The Morgan fingerprint density at radius 1 is 1.36 bits per heavy atom. The lowest BCUT2D eigenvalue weighted by Gasteiger charge is -2.44. The van der Waals surface area contributed by atoms with Gasteiger partial charge < -0.3 is 30.3 Å². The zero-order valence-electron chi connectivity index (χ0n) is 13.5. The molecule has 0 bridgehead atoms. The highest BCUT2D eigenvalue weighted by Crippen LogP contribution is 2.37. The van der Waals surface area contributed by atoms with Crippen molar-refractivity contribution in [3.05, 3.63) is 24.4 Å². The van der Waals surface area contributed by atoms with Crippen LogP contribution >= 0.6 is 7.82 Å². The lowest BCUT2D eigenvalue weighted by molar-refractivity contribution is -0.267. The molecule has 0 aromatic heterocycles. The molecule has 0 aliphatic carbocycles. The molecule has 0 aromatic carbocycles. The first-order valence-electron chi connectivity index (χ1n) is 7.32. The van der Waals surface area contributed by atoms with Crippen molar-refractivity contribution >= 4 is 20.1 Å². The molecule has 0 aromatic rings. The number of aliphatic hydroxyl groups is 1. The molecule has 142 valence electrons. The van der Waals surface area contributed by atoms with Gasteiger partial charge in [0.25, 0.3) is 0 Å². The molecule has 0 spiro atoms. The molecule has 3 unspecified atom stereocenters. The van der Waals surface area contributed by atoms with Crippen LogP contribution < -0.4 is 10.6 Å². The van der Waals surface area contributed by atoms with Gasteiger partial charge in [0.2, 0.25) is 12.3 Å². The van der Waals surface area contributed by atoms with Gasteiger partial charge in [0, 0.05) is 25.4 Å². The number of amides is 2. The van der Waals surface area contributed by atoms with Gasteiger partial charge in [-0.3, -0.25) is 19.0 Å². The third-order valence-corrected chi connectivity index (χ3v) is 3.59. The summed E-state index contributed by atoms with van der Waals surface area (Å²) < 4.78 is 20.0. The van der Waals surface area contributed by atoms with Crippen LogP contribution in [-0.4, -0.2) is 77.3 Å². The number of aliphatic hydroxyl groups excluding tert-OH is 1. The van der Waals surface area contributed by atoms with Crippen molar-refractivity contribution in [2.45, 2.75) is 18.4 Å². The van der Waals surface area contributed by atoms with Crippen LogP contribution in [0.4, 0.5) is 0 Å². The molecule has 5 N–H and O–H groups in total. The molecule has 3 atom stereocenters. The Morgan fingerprint density at radius 2 is 2.08 bits per heavy atom. The number of nitrogens with one attached hydrogen (secondary N) is 2. The number of rotatable bonds is 11. The maximum Gasteiger partial charge on any atom is 0.469 e. The Labute approximate surface area is 144 Å². The van der Waals surface area contributed by atoms with Crippen LogP contribution in [0.3, 0.4) is 0 Å². The van der Waals surface area contributed by atoms with Crippen LogP contribution in [0.15, 0.2) is 24.4 Å². The second kappa shape index (κ2) is 10.4. The molecule has 1 aliphatic rings. The van der Waals surface area contributed by atoms with E-state index in [1.165, 1.54) is 24.4 Å². The first-order chi connectivity index (χ1) is 11.8. The fourth-order valence-corrected chi connectivity index (χ4v) is 2.17. The third kappa shape index (κ3) is 7.88. The number of hydrogen-bond donors (Lipinski definition) is 5. The van der Waals surface area contributed by atoms with E-state index in [0.29, 0.717) is 19.5 Å². The van der Waals surface area contributed by atoms with Gasteiger partial charge in [0.1, 0.15) is 12.2 Å². The molecule has 1 fully saturated rings. The average Bonchev–Trinajstić information content (AvgIpc) is 2.54. The summed E-state index contributed by atoms with van der Waals surface area (Å²) in [5.41, 5.74) is 0. The Morgan fingerprint density at radius 3 is 2.64 bits per heavy atom. The van der Waals surface area contributed by atoms with Crippen molar-refractivity contribution in [1.82, 2.24) is 15.5 Å². The highest BCUT2D eigenvalue weighted by Gasteiger charge is 2.45. The summed E-state index contributed by atoms with van der Waals surface area (Å²) in [5.74, 6) is -0.299. The van der Waals surface area contributed by atoms with E-state index < -0.39 is 32.9 Å². The van der Waals surface area contributed by atoms with Crippen LogP contribution in [0.5, 0.6) is 0 Å². The Hall–Kier alpha value is -1.59. The summed E-state index contributed by atoms with van der Waals surface area (Å²) in [4.78, 5) is 40.6. The van der Waals surface area contributed by atoms with Crippen molar-refractivity contribution in [2.24, 2.45) is 0 Å². The van der Waals surface area contributed by atoms with E-state index in [2.05, 4.69) is 15.2 Å². The molecule has 2 amide bonds. The second-order valence-electron chi connectivity index (χ2n) is 4.99. The largest absolute Gasteiger partial charge is 0.469 e. The number of nitrogens with zero attached hydrogens (tertiary/aromatic N) is 1. The lowest BCUT2D eigenvalue weighted by Crippen LogP contribution is -2.61. The Balaban J connectivity index is 2.40. The summed E-state index contributed by atoms with van der Waals surface area (Å²) in [5, 5.41) is 15.3. The molecule has 25 heavy (non-hydrogen) atoms. The predicted molar refractivity (Wildman–Crippen MR) is 85.8 cm³/mol. The summed E-state index contributed by atoms with van der Waals surface area (Å²) in [7, 11) is -2.89. The maximum absolute atomic E-state index is 11.4. The van der Waals surface area contributed by atoms with Gasteiger partial charge >= 0.3 is 7.82 Å². The summed E-state index contributed by atoms with van der Waals surface area (Å²) in [6.45, 7) is 0.604.